The average molecular weight is 337 g/mol. The van der Waals surface area contributed by atoms with Gasteiger partial charge < -0.3 is 10.6 Å². The predicted octanol–water partition coefficient (Wildman–Crippen LogP) is 5.20. The third-order valence-electron chi connectivity index (χ3n) is 3.61. The zero-order valence-corrected chi connectivity index (χ0v) is 13.8. The molecular weight excluding hydrogens is 320 g/mol. The second kappa shape index (κ2) is 7.66. The van der Waals surface area contributed by atoms with Crippen LogP contribution in [0.25, 0.3) is 0 Å². The highest BCUT2D eigenvalue weighted by Gasteiger charge is 2.08. The van der Waals surface area contributed by atoms with Gasteiger partial charge in [0.1, 0.15) is 0 Å². The van der Waals surface area contributed by atoms with Gasteiger partial charge in [-0.2, -0.15) is 0 Å². The minimum Gasteiger partial charge on any atom is -0.379 e. The SMILES string of the molecule is O=C(Nc1ccccc1NCc1ccc(Cl)cc1)c1ccccc1. The van der Waals surface area contributed by atoms with Gasteiger partial charge in [0.15, 0.2) is 0 Å². The van der Waals surface area contributed by atoms with Crippen LogP contribution in [-0.2, 0) is 6.54 Å². The van der Waals surface area contributed by atoms with Crippen molar-refractivity contribution >= 4 is 28.9 Å². The topological polar surface area (TPSA) is 41.1 Å². The van der Waals surface area contributed by atoms with E-state index in [-0.39, 0.29) is 5.91 Å². The molecule has 0 aliphatic heterocycles. The number of nitrogens with one attached hydrogen (secondary N) is 2. The van der Waals surface area contributed by atoms with Crippen LogP contribution in [0.3, 0.4) is 0 Å². The number of rotatable bonds is 5. The number of benzene rings is 3. The number of amides is 1. The molecule has 3 aromatic rings. The first kappa shape index (κ1) is 16.1. The number of carbonyl (C=O) groups excluding carboxylic acids is 1. The molecule has 3 rings (SSSR count). The van der Waals surface area contributed by atoms with Crippen LogP contribution >= 0.6 is 11.6 Å². The summed E-state index contributed by atoms with van der Waals surface area (Å²) >= 11 is 5.90. The molecular formula is C20H17ClN2O. The molecule has 0 spiro atoms. The lowest BCUT2D eigenvalue weighted by molar-refractivity contribution is 0.102. The van der Waals surface area contributed by atoms with Gasteiger partial charge in [-0.25, -0.2) is 0 Å². The quantitative estimate of drug-likeness (QED) is 0.672. The summed E-state index contributed by atoms with van der Waals surface area (Å²) in [6.07, 6.45) is 0. The predicted molar refractivity (Wildman–Crippen MR) is 99.6 cm³/mol. The average Bonchev–Trinajstić information content (AvgIpc) is 2.63. The first-order chi connectivity index (χ1) is 11.7. The van der Waals surface area contributed by atoms with Gasteiger partial charge >= 0.3 is 0 Å². The molecule has 4 heteroatoms. The summed E-state index contributed by atoms with van der Waals surface area (Å²) in [5.41, 5.74) is 3.37. The monoisotopic (exact) mass is 336 g/mol. The van der Waals surface area contributed by atoms with Gasteiger partial charge in [0.05, 0.1) is 11.4 Å². The summed E-state index contributed by atoms with van der Waals surface area (Å²) < 4.78 is 0. The third kappa shape index (κ3) is 4.15. The van der Waals surface area contributed by atoms with E-state index < -0.39 is 0 Å². The lowest BCUT2D eigenvalue weighted by Crippen LogP contribution is -2.13. The molecule has 3 nitrogen and oxygen atoms in total. The number of halogens is 1. The van der Waals surface area contributed by atoms with Crippen molar-refractivity contribution in [2.45, 2.75) is 6.54 Å². The van der Waals surface area contributed by atoms with Crippen molar-refractivity contribution < 1.29 is 4.79 Å². The molecule has 0 fully saturated rings. The van der Waals surface area contributed by atoms with Crippen LogP contribution < -0.4 is 10.6 Å². The van der Waals surface area contributed by atoms with Crippen molar-refractivity contribution in [3.05, 3.63) is 95.0 Å². The second-order valence-corrected chi connectivity index (χ2v) is 5.78. The first-order valence-electron chi connectivity index (χ1n) is 7.66. The van der Waals surface area contributed by atoms with E-state index in [2.05, 4.69) is 10.6 Å². The molecule has 3 aromatic carbocycles. The fourth-order valence-electron chi connectivity index (χ4n) is 2.33. The van der Waals surface area contributed by atoms with Crippen LogP contribution in [0.5, 0.6) is 0 Å². The number of anilines is 2. The standard InChI is InChI=1S/C20H17ClN2O/c21-17-12-10-15(11-13-17)14-22-18-8-4-5-9-19(18)23-20(24)16-6-2-1-3-7-16/h1-13,22H,14H2,(H,23,24). The molecule has 2 N–H and O–H groups in total. The molecule has 0 aliphatic carbocycles. The van der Waals surface area contributed by atoms with Crippen molar-refractivity contribution in [3.8, 4) is 0 Å². The lowest BCUT2D eigenvalue weighted by atomic mass is 10.2. The van der Waals surface area contributed by atoms with Crippen molar-refractivity contribution in [3.63, 3.8) is 0 Å². The minimum atomic E-state index is -0.128. The van der Waals surface area contributed by atoms with Crippen LogP contribution in [0.4, 0.5) is 11.4 Å². The zero-order valence-electron chi connectivity index (χ0n) is 13.0. The number of hydrogen-bond donors (Lipinski definition) is 2. The summed E-state index contributed by atoms with van der Waals surface area (Å²) in [6.45, 7) is 0.648. The molecule has 0 unspecified atom stereocenters. The van der Waals surface area contributed by atoms with Gasteiger partial charge in [0.25, 0.3) is 5.91 Å². The van der Waals surface area contributed by atoms with E-state index in [9.17, 15) is 4.79 Å². The zero-order chi connectivity index (χ0) is 16.8. The molecule has 0 saturated carbocycles. The largest absolute Gasteiger partial charge is 0.379 e. The Labute approximate surface area is 146 Å². The van der Waals surface area contributed by atoms with E-state index in [1.807, 2.05) is 66.7 Å². The summed E-state index contributed by atoms with van der Waals surface area (Å²) in [5, 5.41) is 7.01. The molecule has 0 bridgehead atoms. The fraction of sp³-hybridized carbons (Fsp3) is 0.0500. The van der Waals surface area contributed by atoms with E-state index >= 15 is 0 Å². The Hall–Kier alpha value is -2.78. The van der Waals surface area contributed by atoms with Gasteiger partial charge in [-0.15, -0.1) is 0 Å². The first-order valence-corrected chi connectivity index (χ1v) is 8.04. The summed E-state index contributed by atoms with van der Waals surface area (Å²) in [7, 11) is 0. The van der Waals surface area contributed by atoms with E-state index in [0.717, 1.165) is 16.9 Å². The molecule has 0 heterocycles. The van der Waals surface area contributed by atoms with Crippen LogP contribution in [-0.4, -0.2) is 5.91 Å². The van der Waals surface area contributed by atoms with Crippen molar-refractivity contribution in [2.75, 3.05) is 10.6 Å². The normalized spacial score (nSPS) is 10.2. The lowest BCUT2D eigenvalue weighted by Gasteiger charge is -2.13. The van der Waals surface area contributed by atoms with Gasteiger partial charge in [-0.3, -0.25) is 4.79 Å². The fourth-order valence-corrected chi connectivity index (χ4v) is 2.46. The highest BCUT2D eigenvalue weighted by molar-refractivity contribution is 6.30. The smallest absolute Gasteiger partial charge is 0.255 e. The van der Waals surface area contributed by atoms with Crippen molar-refractivity contribution in [1.82, 2.24) is 0 Å². The Bertz CT molecular complexity index is 817. The summed E-state index contributed by atoms with van der Waals surface area (Å²) in [5.74, 6) is -0.128. The summed E-state index contributed by atoms with van der Waals surface area (Å²) in [4.78, 5) is 12.3. The highest BCUT2D eigenvalue weighted by Crippen LogP contribution is 2.22. The molecule has 24 heavy (non-hydrogen) atoms. The second-order valence-electron chi connectivity index (χ2n) is 5.35. The van der Waals surface area contributed by atoms with Crippen molar-refractivity contribution in [2.24, 2.45) is 0 Å². The van der Waals surface area contributed by atoms with E-state index in [4.69, 9.17) is 11.6 Å². The maximum Gasteiger partial charge on any atom is 0.255 e. The maximum absolute atomic E-state index is 12.3. The van der Waals surface area contributed by atoms with Gasteiger partial charge in [-0.1, -0.05) is 54.1 Å². The molecule has 1 amide bonds. The number of carbonyl (C=O) groups is 1. The molecule has 120 valence electrons. The van der Waals surface area contributed by atoms with E-state index in [0.29, 0.717) is 17.1 Å². The maximum atomic E-state index is 12.3. The van der Waals surface area contributed by atoms with Crippen LogP contribution in [0, 0.1) is 0 Å². The third-order valence-corrected chi connectivity index (χ3v) is 3.86. The molecule has 0 aromatic heterocycles. The summed E-state index contributed by atoms with van der Waals surface area (Å²) in [6, 6.07) is 24.5. The van der Waals surface area contributed by atoms with Crippen LogP contribution in [0.2, 0.25) is 5.02 Å². The highest BCUT2D eigenvalue weighted by atomic mass is 35.5. The minimum absolute atomic E-state index is 0.128. The van der Waals surface area contributed by atoms with Gasteiger partial charge in [0, 0.05) is 17.1 Å². The molecule has 0 saturated heterocycles. The Balaban J connectivity index is 1.71. The molecule has 0 aliphatic rings. The number of hydrogen-bond acceptors (Lipinski definition) is 2. The Morgan fingerprint density at radius 1 is 0.792 bits per heavy atom. The Morgan fingerprint density at radius 3 is 2.12 bits per heavy atom. The molecule has 0 radical (unpaired) electrons. The Kier molecular flexibility index (Phi) is 5.14. The Morgan fingerprint density at radius 2 is 1.42 bits per heavy atom. The van der Waals surface area contributed by atoms with Crippen molar-refractivity contribution in [1.29, 1.82) is 0 Å². The number of para-hydroxylation sites is 2. The van der Waals surface area contributed by atoms with Crippen LogP contribution in [0.1, 0.15) is 15.9 Å². The van der Waals surface area contributed by atoms with Crippen LogP contribution in [0.15, 0.2) is 78.9 Å². The van der Waals surface area contributed by atoms with E-state index in [1.165, 1.54) is 0 Å². The van der Waals surface area contributed by atoms with Gasteiger partial charge in [-0.05, 0) is 42.0 Å². The molecule has 0 atom stereocenters. The van der Waals surface area contributed by atoms with E-state index in [1.54, 1.807) is 12.1 Å². The van der Waals surface area contributed by atoms with Gasteiger partial charge in [0.2, 0.25) is 0 Å².